The minimum absolute atomic E-state index is 0.0268. The number of carbonyl (C=O) groups excluding carboxylic acids is 1. The van der Waals surface area contributed by atoms with Crippen LogP contribution in [0.4, 0.5) is 0 Å². The standard InChI is InChI=1S/C26H21N5O2/c32-25(28-22-13-12-18-7-2-4-10-20(18)22)15-30-26(33)24-14-23(29-31(24)16-27-30)21-11-5-8-17-6-1-3-9-19(17)21/h1-11,14,16,22H,12-13,15H2,(H,28,32)/t22-/m0/s1. The molecule has 0 unspecified atom stereocenters. The highest BCUT2D eigenvalue weighted by atomic mass is 16.2. The smallest absolute Gasteiger partial charge is 0.293 e. The minimum Gasteiger partial charge on any atom is -0.348 e. The molecule has 5 aromatic rings. The van der Waals surface area contributed by atoms with Gasteiger partial charge in [0.05, 0.1) is 11.7 Å². The highest BCUT2D eigenvalue weighted by molar-refractivity contribution is 5.96. The second-order valence-corrected chi connectivity index (χ2v) is 8.34. The number of rotatable bonds is 4. The second kappa shape index (κ2) is 7.70. The Bertz CT molecular complexity index is 1580. The van der Waals surface area contributed by atoms with E-state index in [1.165, 1.54) is 21.1 Å². The number of benzene rings is 3. The maximum absolute atomic E-state index is 13.1. The molecule has 2 heterocycles. The SMILES string of the molecule is O=C(Cn1ncn2nc(-c3cccc4ccccc34)cc2c1=O)N[C@H]1CCc2ccccc21. The Morgan fingerprint density at radius 2 is 1.85 bits per heavy atom. The molecule has 0 bridgehead atoms. The van der Waals surface area contributed by atoms with Crippen LogP contribution in [0.25, 0.3) is 27.5 Å². The number of aromatic nitrogens is 4. The third-order valence-electron chi connectivity index (χ3n) is 6.32. The Labute approximate surface area is 189 Å². The first kappa shape index (κ1) is 19.4. The quantitative estimate of drug-likeness (QED) is 0.468. The topological polar surface area (TPSA) is 81.3 Å². The number of hydrogen-bond acceptors (Lipinski definition) is 4. The van der Waals surface area contributed by atoms with Gasteiger partial charge in [-0.25, -0.2) is 9.20 Å². The van der Waals surface area contributed by atoms with Gasteiger partial charge in [0.1, 0.15) is 18.4 Å². The average molecular weight is 435 g/mol. The Balaban J connectivity index is 1.29. The summed E-state index contributed by atoms with van der Waals surface area (Å²) in [5.74, 6) is -0.232. The molecular weight excluding hydrogens is 414 g/mol. The van der Waals surface area contributed by atoms with Crippen molar-refractivity contribution >= 4 is 22.2 Å². The number of carbonyl (C=O) groups is 1. The first-order valence-electron chi connectivity index (χ1n) is 11.0. The largest absolute Gasteiger partial charge is 0.348 e. The van der Waals surface area contributed by atoms with E-state index in [0.717, 1.165) is 34.7 Å². The van der Waals surface area contributed by atoms with Crippen LogP contribution >= 0.6 is 0 Å². The fraction of sp³-hybridized carbons (Fsp3) is 0.154. The lowest BCUT2D eigenvalue weighted by atomic mass is 10.0. The molecule has 0 spiro atoms. The van der Waals surface area contributed by atoms with Crippen molar-refractivity contribution in [3.8, 4) is 11.3 Å². The summed E-state index contributed by atoms with van der Waals surface area (Å²) in [6, 6.07) is 23.9. The number of nitrogens with one attached hydrogen (secondary N) is 1. The highest BCUT2D eigenvalue weighted by Gasteiger charge is 2.23. The maximum Gasteiger partial charge on any atom is 0.293 e. The molecule has 0 saturated carbocycles. The summed E-state index contributed by atoms with van der Waals surface area (Å²) in [5.41, 5.74) is 4.08. The van der Waals surface area contributed by atoms with Crippen molar-refractivity contribution in [2.24, 2.45) is 0 Å². The lowest BCUT2D eigenvalue weighted by molar-refractivity contribution is -0.122. The molecule has 162 valence electrons. The lowest BCUT2D eigenvalue weighted by Crippen LogP contribution is -2.35. The predicted octanol–water partition coefficient (Wildman–Crippen LogP) is 3.51. The first-order chi connectivity index (χ1) is 16.2. The Morgan fingerprint density at radius 3 is 2.79 bits per heavy atom. The van der Waals surface area contributed by atoms with Crippen molar-refractivity contribution in [1.29, 1.82) is 0 Å². The van der Waals surface area contributed by atoms with Gasteiger partial charge in [0, 0.05) is 5.56 Å². The monoisotopic (exact) mass is 435 g/mol. The van der Waals surface area contributed by atoms with E-state index in [9.17, 15) is 9.59 Å². The molecule has 0 aliphatic heterocycles. The first-order valence-corrected chi connectivity index (χ1v) is 11.0. The van der Waals surface area contributed by atoms with Crippen molar-refractivity contribution in [3.63, 3.8) is 0 Å². The Hall–Kier alpha value is -4.26. The van der Waals surface area contributed by atoms with Crippen LogP contribution in [0.1, 0.15) is 23.6 Å². The summed E-state index contributed by atoms with van der Waals surface area (Å²) in [4.78, 5) is 25.8. The molecule has 1 amide bonds. The van der Waals surface area contributed by atoms with E-state index in [0.29, 0.717) is 11.2 Å². The molecule has 3 aromatic carbocycles. The lowest BCUT2D eigenvalue weighted by Gasteiger charge is -2.14. The van der Waals surface area contributed by atoms with E-state index in [1.807, 2.05) is 60.7 Å². The molecule has 1 atom stereocenters. The van der Waals surface area contributed by atoms with Crippen LogP contribution in [0.15, 0.2) is 83.9 Å². The average Bonchev–Trinajstić information content (AvgIpc) is 3.46. The van der Waals surface area contributed by atoms with Crippen LogP contribution in [-0.4, -0.2) is 25.3 Å². The number of hydrogen-bond donors (Lipinski definition) is 1. The molecule has 33 heavy (non-hydrogen) atoms. The zero-order chi connectivity index (χ0) is 22.4. The summed E-state index contributed by atoms with van der Waals surface area (Å²) < 4.78 is 2.67. The molecule has 7 nitrogen and oxygen atoms in total. The zero-order valence-corrected chi connectivity index (χ0v) is 17.8. The molecule has 0 fully saturated rings. The van der Waals surface area contributed by atoms with Gasteiger partial charge in [-0.1, -0.05) is 66.7 Å². The molecule has 0 saturated heterocycles. The molecule has 1 aliphatic carbocycles. The van der Waals surface area contributed by atoms with E-state index in [1.54, 1.807) is 6.07 Å². The van der Waals surface area contributed by atoms with Crippen molar-refractivity contribution < 1.29 is 4.79 Å². The Morgan fingerprint density at radius 1 is 1.03 bits per heavy atom. The predicted molar refractivity (Wildman–Crippen MR) is 126 cm³/mol. The van der Waals surface area contributed by atoms with Crippen LogP contribution in [-0.2, 0) is 17.8 Å². The van der Waals surface area contributed by atoms with Crippen LogP contribution in [0, 0.1) is 0 Å². The van der Waals surface area contributed by atoms with Crippen molar-refractivity contribution in [3.05, 3.63) is 101 Å². The van der Waals surface area contributed by atoms with Gasteiger partial charge in [-0.2, -0.15) is 10.2 Å². The van der Waals surface area contributed by atoms with E-state index in [-0.39, 0.29) is 24.1 Å². The van der Waals surface area contributed by atoms with Gasteiger partial charge in [-0.3, -0.25) is 9.59 Å². The number of fused-ring (bicyclic) bond motifs is 3. The number of amides is 1. The van der Waals surface area contributed by atoms with Crippen molar-refractivity contribution in [2.75, 3.05) is 0 Å². The van der Waals surface area contributed by atoms with Gasteiger partial charge in [-0.05, 0) is 40.8 Å². The van der Waals surface area contributed by atoms with Crippen molar-refractivity contribution in [2.45, 2.75) is 25.4 Å². The highest BCUT2D eigenvalue weighted by Crippen LogP contribution is 2.30. The molecule has 2 aromatic heterocycles. The summed E-state index contributed by atoms with van der Waals surface area (Å²) in [5, 5.41) is 14.0. The Kier molecular flexibility index (Phi) is 4.54. The van der Waals surface area contributed by atoms with E-state index >= 15 is 0 Å². The van der Waals surface area contributed by atoms with Gasteiger partial charge >= 0.3 is 0 Å². The van der Waals surface area contributed by atoms with Crippen LogP contribution < -0.4 is 10.9 Å². The fourth-order valence-corrected chi connectivity index (χ4v) is 4.71. The second-order valence-electron chi connectivity index (χ2n) is 8.34. The minimum atomic E-state index is -0.349. The molecular formula is C26H21N5O2. The summed E-state index contributed by atoms with van der Waals surface area (Å²) in [6.45, 7) is -0.136. The van der Waals surface area contributed by atoms with Gasteiger partial charge in [0.15, 0.2) is 0 Å². The third kappa shape index (κ3) is 3.38. The van der Waals surface area contributed by atoms with Gasteiger partial charge < -0.3 is 5.32 Å². The molecule has 0 radical (unpaired) electrons. The molecule has 6 rings (SSSR count). The fourth-order valence-electron chi connectivity index (χ4n) is 4.71. The van der Waals surface area contributed by atoms with Crippen LogP contribution in [0.5, 0.6) is 0 Å². The zero-order valence-electron chi connectivity index (χ0n) is 17.8. The molecule has 7 heteroatoms. The van der Waals surface area contributed by atoms with E-state index in [4.69, 9.17) is 0 Å². The number of nitrogens with zero attached hydrogens (tertiary/aromatic N) is 4. The van der Waals surface area contributed by atoms with Gasteiger partial charge in [-0.15, -0.1) is 0 Å². The van der Waals surface area contributed by atoms with Gasteiger partial charge in [0.2, 0.25) is 5.91 Å². The van der Waals surface area contributed by atoms with E-state index in [2.05, 4.69) is 21.6 Å². The van der Waals surface area contributed by atoms with Crippen LogP contribution in [0.3, 0.4) is 0 Å². The number of aryl methyl sites for hydroxylation is 1. The summed E-state index contributed by atoms with van der Waals surface area (Å²) in [7, 11) is 0. The normalized spacial score (nSPS) is 15.1. The van der Waals surface area contributed by atoms with Gasteiger partial charge in [0.25, 0.3) is 5.56 Å². The maximum atomic E-state index is 13.1. The molecule has 1 aliphatic rings. The van der Waals surface area contributed by atoms with Crippen molar-refractivity contribution in [1.82, 2.24) is 24.7 Å². The third-order valence-corrected chi connectivity index (χ3v) is 6.32. The molecule has 1 N–H and O–H groups in total. The van der Waals surface area contributed by atoms with Crippen LogP contribution in [0.2, 0.25) is 0 Å². The van der Waals surface area contributed by atoms with E-state index < -0.39 is 0 Å². The summed E-state index contributed by atoms with van der Waals surface area (Å²) in [6.07, 6.45) is 3.28. The summed E-state index contributed by atoms with van der Waals surface area (Å²) >= 11 is 0.